The maximum atomic E-state index is 11.5. The summed E-state index contributed by atoms with van der Waals surface area (Å²) in [6.07, 6.45) is 0.753. The number of phenols is 1. The lowest BCUT2D eigenvalue weighted by Crippen LogP contribution is -2.28. The van der Waals surface area contributed by atoms with Gasteiger partial charge in [-0.25, -0.2) is 0 Å². The molecule has 0 aliphatic heterocycles. The zero-order chi connectivity index (χ0) is 19.3. The lowest BCUT2D eigenvalue weighted by molar-refractivity contribution is -0.122. The van der Waals surface area contributed by atoms with E-state index >= 15 is 0 Å². The highest BCUT2D eigenvalue weighted by molar-refractivity contribution is 9.10. The number of halogens is 1. The van der Waals surface area contributed by atoms with E-state index in [9.17, 15) is 9.90 Å². The van der Waals surface area contributed by atoms with Crippen molar-refractivity contribution >= 4 is 21.8 Å². The van der Waals surface area contributed by atoms with Gasteiger partial charge in [-0.2, -0.15) is 0 Å². The first-order valence-electron chi connectivity index (χ1n) is 8.82. The second-order valence-corrected chi connectivity index (χ2v) is 7.52. The summed E-state index contributed by atoms with van der Waals surface area (Å²) in [6, 6.07) is 9.62. The van der Waals surface area contributed by atoms with E-state index in [1.54, 1.807) is 6.07 Å². The summed E-state index contributed by atoms with van der Waals surface area (Å²) in [5, 5.41) is 12.7. The summed E-state index contributed by atoms with van der Waals surface area (Å²) >= 11 is 3.63. The minimum absolute atomic E-state index is 0.00871. The number of carbonyl (C=O) groups is 1. The number of hydrogen-bond donors (Lipinski definition) is 2. The van der Waals surface area contributed by atoms with Gasteiger partial charge >= 0.3 is 0 Å². The Balaban J connectivity index is 2.18. The Morgan fingerprint density at radius 1 is 1.27 bits per heavy atom. The average molecular weight is 420 g/mol. The fourth-order valence-electron chi connectivity index (χ4n) is 2.83. The molecule has 4 nitrogen and oxygen atoms in total. The minimum Gasteiger partial charge on any atom is -0.508 e. The molecule has 0 atom stereocenters. The van der Waals surface area contributed by atoms with Crippen LogP contribution >= 0.6 is 15.9 Å². The molecule has 2 aromatic carbocycles. The third-order valence-electron chi connectivity index (χ3n) is 4.23. The van der Waals surface area contributed by atoms with E-state index in [2.05, 4.69) is 41.2 Å². The largest absolute Gasteiger partial charge is 0.508 e. The van der Waals surface area contributed by atoms with Crippen LogP contribution in [0.15, 0.2) is 34.8 Å². The number of phenolic OH excluding ortho intramolecular Hbond substituents is 1. The SMILES string of the molecule is CCNC(=O)COc1cc(C)c(Cc2ccc(O)c(C(C)C)c2)c(Br)c1. The van der Waals surface area contributed by atoms with Gasteiger partial charge in [-0.15, -0.1) is 0 Å². The summed E-state index contributed by atoms with van der Waals surface area (Å²) in [5.74, 6) is 1.15. The van der Waals surface area contributed by atoms with Crippen molar-refractivity contribution in [3.8, 4) is 11.5 Å². The molecule has 0 aliphatic carbocycles. The molecule has 2 N–H and O–H groups in total. The van der Waals surface area contributed by atoms with Crippen LogP contribution in [0.2, 0.25) is 0 Å². The van der Waals surface area contributed by atoms with Crippen molar-refractivity contribution in [2.45, 2.75) is 40.0 Å². The molecule has 0 fully saturated rings. The van der Waals surface area contributed by atoms with Gasteiger partial charge in [0.2, 0.25) is 0 Å². The van der Waals surface area contributed by atoms with Crippen LogP contribution in [-0.4, -0.2) is 24.2 Å². The third-order valence-corrected chi connectivity index (χ3v) is 4.94. The zero-order valence-electron chi connectivity index (χ0n) is 15.7. The van der Waals surface area contributed by atoms with Crippen LogP contribution in [0, 0.1) is 6.92 Å². The van der Waals surface area contributed by atoms with Crippen molar-refractivity contribution in [1.82, 2.24) is 5.32 Å². The first-order valence-corrected chi connectivity index (χ1v) is 9.61. The molecule has 0 aliphatic rings. The van der Waals surface area contributed by atoms with E-state index in [0.29, 0.717) is 18.0 Å². The van der Waals surface area contributed by atoms with E-state index in [-0.39, 0.29) is 18.4 Å². The molecular weight excluding hydrogens is 394 g/mol. The fraction of sp³-hybridized carbons (Fsp3) is 0.381. The Kier molecular flexibility index (Phi) is 7.09. The van der Waals surface area contributed by atoms with Gasteiger partial charge in [-0.3, -0.25) is 4.79 Å². The number of aromatic hydroxyl groups is 1. The molecule has 26 heavy (non-hydrogen) atoms. The van der Waals surface area contributed by atoms with Gasteiger partial charge in [0.1, 0.15) is 11.5 Å². The van der Waals surface area contributed by atoms with Crippen LogP contribution in [0.4, 0.5) is 0 Å². The number of hydrogen-bond acceptors (Lipinski definition) is 3. The highest BCUT2D eigenvalue weighted by atomic mass is 79.9. The van der Waals surface area contributed by atoms with Crippen molar-refractivity contribution in [2.24, 2.45) is 0 Å². The molecule has 0 saturated heterocycles. The summed E-state index contributed by atoms with van der Waals surface area (Å²) in [4.78, 5) is 11.5. The Morgan fingerprint density at radius 3 is 2.62 bits per heavy atom. The lowest BCUT2D eigenvalue weighted by Gasteiger charge is -2.15. The van der Waals surface area contributed by atoms with Crippen molar-refractivity contribution in [3.63, 3.8) is 0 Å². The molecule has 2 rings (SSSR count). The standard InChI is InChI=1S/C21H26BrNO3/c1-5-23-21(25)12-26-16-8-14(4)18(19(22)11-16)10-15-6-7-20(24)17(9-15)13(2)3/h6-9,11,13,24H,5,10,12H2,1-4H3,(H,23,25). The van der Waals surface area contributed by atoms with E-state index in [4.69, 9.17) is 4.74 Å². The molecule has 1 amide bonds. The predicted octanol–water partition coefficient (Wildman–Crippen LogP) is 4.69. The lowest BCUT2D eigenvalue weighted by atomic mass is 9.95. The van der Waals surface area contributed by atoms with Crippen LogP contribution in [-0.2, 0) is 11.2 Å². The van der Waals surface area contributed by atoms with Gasteiger partial charge in [0.25, 0.3) is 5.91 Å². The quantitative estimate of drug-likeness (QED) is 0.683. The van der Waals surface area contributed by atoms with E-state index in [1.807, 2.05) is 32.0 Å². The van der Waals surface area contributed by atoms with Crippen LogP contribution in [0.1, 0.15) is 48.9 Å². The maximum absolute atomic E-state index is 11.5. The smallest absolute Gasteiger partial charge is 0.257 e. The Labute approximate surface area is 163 Å². The summed E-state index contributed by atoms with van der Waals surface area (Å²) in [7, 11) is 0. The number of aryl methyl sites for hydroxylation is 1. The maximum Gasteiger partial charge on any atom is 0.257 e. The minimum atomic E-state index is -0.129. The Bertz CT molecular complexity index is 764. The fourth-order valence-corrected chi connectivity index (χ4v) is 3.51. The van der Waals surface area contributed by atoms with Gasteiger partial charge in [0.05, 0.1) is 0 Å². The van der Waals surface area contributed by atoms with E-state index in [0.717, 1.165) is 33.1 Å². The average Bonchev–Trinajstić information content (AvgIpc) is 2.57. The monoisotopic (exact) mass is 419 g/mol. The Morgan fingerprint density at radius 2 is 2.00 bits per heavy atom. The van der Waals surface area contributed by atoms with Crippen LogP contribution < -0.4 is 10.1 Å². The topological polar surface area (TPSA) is 58.6 Å². The van der Waals surface area contributed by atoms with Gasteiger partial charge < -0.3 is 15.2 Å². The molecule has 140 valence electrons. The Hall–Kier alpha value is -2.01. The van der Waals surface area contributed by atoms with E-state index in [1.165, 1.54) is 0 Å². The number of likely N-dealkylation sites (N-methyl/N-ethyl adjacent to an activating group) is 1. The van der Waals surface area contributed by atoms with Crippen molar-refractivity contribution in [3.05, 3.63) is 57.1 Å². The van der Waals surface area contributed by atoms with Gasteiger partial charge in [-0.1, -0.05) is 41.9 Å². The first-order chi connectivity index (χ1) is 12.3. The molecule has 0 heterocycles. The molecule has 0 radical (unpaired) electrons. The zero-order valence-corrected chi connectivity index (χ0v) is 17.3. The van der Waals surface area contributed by atoms with Crippen LogP contribution in [0.25, 0.3) is 0 Å². The molecular formula is C21H26BrNO3. The summed E-state index contributed by atoms with van der Waals surface area (Å²) in [6.45, 7) is 8.65. The van der Waals surface area contributed by atoms with Crippen molar-refractivity contribution in [1.29, 1.82) is 0 Å². The second-order valence-electron chi connectivity index (χ2n) is 6.67. The molecule has 0 bridgehead atoms. The number of benzene rings is 2. The molecule has 0 aromatic heterocycles. The molecule has 2 aromatic rings. The summed E-state index contributed by atoms with van der Waals surface area (Å²) < 4.78 is 6.53. The van der Waals surface area contributed by atoms with Crippen molar-refractivity contribution in [2.75, 3.05) is 13.2 Å². The molecule has 5 heteroatoms. The van der Waals surface area contributed by atoms with Gasteiger partial charge in [0.15, 0.2) is 6.61 Å². The van der Waals surface area contributed by atoms with Gasteiger partial charge in [0, 0.05) is 11.0 Å². The highest BCUT2D eigenvalue weighted by Crippen LogP contribution is 2.31. The molecule has 0 unspecified atom stereocenters. The van der Waals surface area contributed by atoms with Crippen LogP contribution in [0.5, 0.6) is 11.5 Å². The number of rotatable bonds is 7. The number of carbonyl (C=O) groups excluding carboxylic acids is 1. The number of amides is 1. The third kappa shape index (κ3) is 5.24. The van der Waals surface area contributed by atoms with Crippen molar-refractivity contribution < 1.29 is 14.6 Å². The highest BCUT2D eigenvalue weighted by Gasteiger charge is 2.12. The van der Waals surface area contributed by atoms with E-state index < -0.39 is 0 Å². The number of ether oxygens (including phenoxy) is 1. The number of nitrogens with one attached hydrogen (secondary N) is 1. The predicted molar refractivity (Wildman–Crippen MR) is 108 cm³/mol. The second kappa shape index (κ2) is 9.08. The first kappa shape index (κ1) is 20.3. The normalized spacial score (nSPS) is 10.8. The molecule has 0 spiro atoms. The van der Waals surface area contributed by atoms with Crippen LogP contribution in [0.3, 0.4) is 0 Å². The summed E-state index contributed by atoms with van der Waals surface area (Å²) in [5.41, 5.74) is 4.35. The van der Waals surface area contributed by atoms with Gasteiger partial charge in [-0.05, 0) is 66.6 Å². The molecule has 0 saturated carbocycles.